The Bertz CT molecular complexity index is 612. The van der Waals surface area contributed by atoms with Gasteiger partial charge in [0.2, 0.25) is 0 Å². The maximum atomic E-state index is 12.1. The monoisotopic (exact) mass is 349 g/mol. The van der Waals surface area contributed by atoms with Crippen molar-refractivity contribution in [2.24, 2.45) is 0 Å². The Kier molecular flexibility index (Phi) is 6.55. The highest BCUT2D eigenvalue weighted by atomic mass is 16.4. The molecule has 1 aliphatic rings. The second kappa shape index (κ2) is 8.64. The SMILES string of the molecule is Cc1cc(N2CCN(C(=O)NCCCC(=O)O)CC2)nc(C(C)C)n1. The van der Waals surface area contributed by atoms with Crippen LogP contribution in [-0.2, 0) is 4.79 Å². The maximum Gasteiger partial charge on any atom is 0.317 e. The van der Waals surface area contributed by atoms with Gasteiger partial charge >= 0.3 is 12.0 Å². The summed E-state index contributed by atoms with van der Waals surface area (Å²) in [6, 6.07) is 1.85. The summed E-state index contributed by atoms with van der Waals surface area (Å²) in [5, 5.41) is 11.4. The lowest BCUT2D eigenvalue weighted by atomic mass is 10.2. The first-order valence-corrected chi connectivity index (χ1v) is 8.72. The Balaban J connectivity index is 1.85. The number of rotatable bonds is 6. The van der Waals surface area contributed by atoms with Crippen LogP contribution in [0, 0.1) is 6.92 Å². The molecule has 1 aliphatic heterocycles. The number of amides is 2. The van der Waals surface area contributed by atoms with Crippen molar-refractivity contribution in [3.05, 3.63) is 17.6 Å². The van der Waals surface area contributed by atoms with Crippen LogP contribution in [-0.4, -0.2) is 64.7 Å². The Hall–Kier alpha value is -2.38. The quantitative estimate of drug-likeness (QED) is 0.757. The molecule has 0 unspecified atom stereocenters. The van der Waals surface area contributed by atoms with Crippen LogP contribution in [0.5, 0.6) is 0 Å². The van der Waals surface area contributed by atoms with Gasteiger partial charge in [0.1, 0.15) is 11.6 Å². The van der Waals surface area contributed by atoms with E-state index in [4.69, 9.17) is 5.11 Å². The van der Waals surface area contributed by atoms with Crippen molar-refractivity contribution in [1.29, 1.82) is 0 Å². The van der Waals surface area contributed by atoms with Gasteiger partial charge in [0.05, 0.1) is 0 Å². The summed E-state index contributed by atoms with van der Waals surface area (Å²) in [5.74, 6) is 1.19. The van der Waals surface area contributed by atoms with Gasteiger partial charge in [-0.1, -0.05) is 13.8 Å². The molecule has 0 radical (unpaired) electrons. The lowest BCUT2D eigenvalue weighted by Gasteiger charge is -2.35. The molecule has 0 atom stereocenters. The summed E-state index contributed by atoms with van der Waals surface area (Å²) in [6.45, 7) is 9.17. The van der Waals surface area contributed by atoms with Crippen LogP contribution in [0.1, 0.15) is 44.1 Å². The second-order valence-corrected chi connectivity index (χ2v) is 6.58. The van der Waals surface area contributed by atoms with E-state index in [1.165, 1.54) is 0 Å². The molecule has 1 saturated heterocycles. The van der Waals surface area contributed by atoms with Crippen molar-refractivity contribution < 1.29 is 14.7 Å². The fourth-order valence-corrected chi connectivity index (χ4v) is 2.68. The van der Waals surface area contributed by atoms with Crippen LogP contribution in [0.25, 0.3) is 0 Å². The zero-order chi connectivity index (χ0) is 18.4. The van der Waals surface area contributed by atoms with E-state index < -0.39 is 5.97 Å². The number of carbonyl (C=O) groups excluding carboxylic acids is 1. The van der Waals surface area contributed by atoms with Gasteiger partial charge in [0, 0.05) is 56.8 Å². The largest absolute Gasteiger partial charge is 0.481 e. The molecule has 2 amide bonds. The number of aliphatic carboxylic acids is 1. The van der Waals surface area contributed by atoms with Gasteiger partial charge in [0.15, 0.2) is 0 Å². The summed E-state index contributed by atoms with van der Waals surface area (Å²) < 4.78 is 0. The smallest absolute Gasteiger partial charge is 0.317 e. The van der Waals surface area contributed by atoms with E-state index in [0.29, 0.717) is 26.1 Å². The lowest BCUT2D eigenvalue weighted by Crippen LogP contribution is -2.52. The molecule has 25 heavy (non-hydrogen) atoms. The Morgan fingerprint density at radius 3 is 2.52 bits per heavy atom. The predicted molar refractivity (Wildman–Crippen MR) is 94.9 cm³/mol. The minimum atomic E-state index is -0.844. The maximum absolute atomic E-state index is 12.1. The number of hydrogen-bond acceptors (Lipinski definition) is 5. The summed E-state index contributed by atoms with van der Waals surface area (Å²) in [7, 11) is 0. The number of carboxylic acid groups (broad SMARTS) is 1. The molecule has 1 aromatic heterocycles. The number of carbonyl (C=O) groups is 2. The number of urea groups is 1. The average molecular weight is 349 g/mol. The van der Waals surface area contributed by atoms with Gasteiger partial charge < -0.3 is 20.2 Å². The van der Waals surface area contributed by atoms with Crippen LogP contribution in [0.3, 0.4) is 0 Å². The van der Waals surface area contributed by atoms with Gasteiger partial charge in [0.25, 0.3) is 0 Å². The number of hydrogen-bond donors (Lipinski definition) is 2. The number of carboxylic acids is 1. The Morgan fingerprint density at radius 1 is 1.24 bits per heavy atom. The van der Waals surface area contributed by atoms with Crippen LogP contribution in [0.2, 0.25) is 0 Å². The number of piperazine rings is 1. The van der Waals surface area contributed by atoms with E-state index in [2.05, 4.69) is 34.0 Å². The summed E-state index contributed by atoms with van der Waals surface area (Å²) in [6.07, 6.45) is 0.512. The molecule has 0 aromatic carbocycles. The van der Waals surface area contributed by atoms with Crippen molar-refractivity contribution in [3.8, 4) is 0 Å². The van der Waals surface area contributed by atoms with E-state index in [1.54, 1.807) is 4.90 Å². The molecule has 138 valence electrons. The first kappa shape index (κ1) is 19.0. The second-order valence-electron chi connectivity index (χ2n) is 6.58. The number of nitrogens with one attached hydrogen (secondary N) is 1. The van der Waals surface area contributed by atoms with Crippen LogP contribution < -0.4 is 10.2 Å². The van der Waals surface area contributed by atoms with Gasteiger partial charge in [-0.25, -0.2) is 14.8 Å². The highest BCUT2D eigenvalue weighted by Gasteiger charge is 2.22. The van der Waals surface area contributed by atoms with Gasteiger partial charge in [-0.15, -0.1) is 0 Å². The van der Waals surface area contributed by atoms with Gasteiger partial charge in [-0.3, -0.25) is 4.79 Å². The number of aromatic nitrogens is 2. The van der Waals surface area contributed by atoms with Crippen LogP contribution in [0.4, 0.5) is 10.6 Å². The molecule has 0 bridgehead atoms. The molecule has 2 heterocycles. The third-order valence-electron chi connectivity index (χ3n) is 4.11. The number of anilines is 1. The fourth-order valence-electron chi connectivity index (χ4n) is 2.68. The zero-order valence-electron chi connectivity index (χ0n) is 15.2. The van der Waals surface area contributed by atoms with Crippen molar-refractivity contribution in [2.45, 2.75) is 39.5 Å². The average Bonchev–Trinajstić information content (AvgIpc) is 2.58. The normalized spacial score (nSPS) is 14.7. The van der Waals surface area contributed by atoms with Crippen molar-refractivity contribution in [1.82, 2.24) is 20.2 Å². The van der Waals surface area contributed by atoms with Gasteiger partial charge in [-0.2, -0.15) is 0 Å². The molecule has 1 aromatic rings. The summed E-state index contributed by atoms with van der Waals surface area (Å²) >= 11 is 0. The van der Waals surface area contributed by atoms with E-state index in [0.717, 1.165) is 30.4 Å². The third kappa shape index (κ3) is 5.58. The molecular formula is C17H27N5O3. The number of aryl methyl sites for hydroxylation is 1. The first-order chi connectivity index (χ1) is 11.9. The Morgan fingerprint density at radius 2 is 1.92 bits per heavy atom. The zero-order valence-corrected chi connectivity index (χ0v) is 15.2. The molecule has 0 spiro atoms. The molecule has 8 nitrogen and oxygen atoms in total. The minimum absolute atomic E-state index is 0.0688. The van der Waals surface area contributed by atoms with E-state index >= 15 is 0 Å². The van der Waals surface area contributed by atoms with Crippen molar-refractivity contribution in [3.63, 3.8) is 0 Å². The van der Waals surface area contributed by atoms with E-state index in [-0.39, 0.29) is 18.4 Å². The van der Waals surface area contributed by atoms with Crippen molar-refractivity contribution >= 4 is 17.8 Å². The fraction of sp³-hybridized carbons (Fsp3) is 0.647. The minimum Gasteiger partial charge on any atom is -0.481 e. The molecule has 2 rings (SSSR count). The van der Waals surface area contributed by atoms with E-state index in [1.807, 2.05) is 13.0 Å². The predicted octanol–water partition coefficient (Wildman–Crippen LogP) is 1.60. The third-order valence-corrected chi connectivity index (χ3v) is 4.11. The first-order valence-electron chi connectivity index (χ1n) is 8.72. The Labute approximate surface area is 148 Å². The van der Waals surface area contributed by atoms with Gasteiger partial charge in [-0.05, 0) is 13.3 Å². The molecular weight excluding hydrogens is 322 g/mol. The van der Waals surface area contributed by atoms with E-state index in [9.17, 15) is 9.59 Å². The summed E-state index contributed by atoms with van der Waals surface area (Å²) in [5.41, 5.74) is 0.951. The topological polar surface area (TPSA) is 98.7 Å². The van der Waals surface area contributed by atoms with Crippen LogP contribution >= 0.6 is 0 Å². The van der Waals surface area contributed by atoms with Crippen molar-refractivity contribution in [2.75, 3.05) is 37.6 Å². The molecule has 0 saturated carbocycles. The highest BCUT2D eigenvalue weighted by Crippen LogP contribution is 2.18. The molecule has 2 N–H and O–H groups in total. The standard InChI is InChI=1S/C17H27N5O3/c1-12(2)16-19-13(3)11-14(20-16)21-7-9-22(10-8-21)17(25)18-6-4-5-15(23)24/h11-12H,4-10H2,1-3H3,(H,18,25)(H,23,24). The summed E-state index contributed by atoms with van der Waals surface area (Å²) in [4.78, 5) is 35.6. The molecule has 0 aliphatic carbocycles. The lowest BCUT2D eigenvalue weighted by molar-refractivity contribution is -0.137. The highest BCUT2D eigenvalue weighted by molar-refractivity contribution is 5.74. The molecule has 8 heteroatoms. The molecule has 1 fully saturated rings. The number of nitrogens with zero attached hydrogens (tertiary/aromatic N) is 4. The van der Waals surface area contributed by atoms with Crippen LogP contribution in [0.15, 0.2) is 6.07 Å².